The quantitative estimate of drug-likeness (QED) is 0.647. The molecule has 19 heavy (non-hydrogen) atoms. The minimum absolute atomic E-state index is 0.0114. The Morgan fingerprint density at radius 3 is 3.05 bits per heavy atom. The summed E-state index contributed by atoms with van der Waals surface area (Å²) in [7, 11) is 0. The van der Waals surface area contributed by atoms with Crippen molar-refractivity contribution in [2.24, 2.45) is 0 Å². The number of nitrogens with zero attached hydrogens (tertiary/aromatic N) is 3. The maximum atomic E-state index is 11.0. The van der Waals surface area contributed by atoms with Crippen LogP contribution in [0.5, 0.6) is 5.75 Å². The van der Waals surface area contributed by atoms with Crippen LogP contribution in [0.4, 0.5) is 11.6 Å². The highest BCUT2D eigenvalue weighted by Crippen LogP contribution is 2.33. The van der Waals surface area contributed by atoms with Crippen molar-refractivity contribution in [1.82, 2.24) is 9.97 Å². The summed E-state index contributed by atoms with van der Waals surface area (Å²) in [6.45, 7) is 0.632. The van der Waals surface area contributed by atoms with Crippen LogP contribution in [0.25, 0.3) is 11.3 Å². The van der Waals surface area contributed by atoms with Gasteiger partial charge in [-0.1, -0.05) is 0 Å². The molecular formula is C12H10N4O3. The fourth-order valence-corrected chi connectivity index (χ4v) is 2.07. The van der Waals surface area contributed by atoms with Crippen LogP contribution in [0.1, 0.15) is 5.56 Å². The Balaban J connectivity index is 2.16. The molecule has 0 saturated heterocycles. The van der Waals surface area contributed by atoms with Crippen LogP contribution >= 0.6 is 0 Å². The second-order valence-electron chi connectivity index (χ2n) is 4.14. The lowest BCUT2D eigenvalue weighted by Crippen LogP contribution is -2.01. The third kappa shape index (κ3) is 1.95. The summed E-state index contributed by atoms with van der Waals surface area (Å²) in [5, 5.41) is 11.0. The molecule has 2 heterocycles. The average molecular weight is 258 g/mol. The molecule has 1 aromatic carbocycles. The summed E-state index contributed by atoms with van der Waals surface area (Å²) in [5.41, 5.74) is 7.24. The van der Waals surface area contributed by atoms with Gasteiger partial charge in [0.1, 0.15) is 11.9 Å². The van der Waals surface area contributed by atoms with Crippen molar-refractivity contribution in [2.45, 2.75) is 6.42 Å². The van der Waals surface area contributed by atoms with Gasteiger partial charge in [-0.2, -0.15) is 0 Å². The summed E-state index contributed by atoms with van der Waals surface area (Å²) in [4.78, 5) is 18.1. The molecule has 0 spiro atoms. The largest absolute Gasteiger partial charge is 0.493 e. The van der Waals surface area contributed by atoms with Gasteiger partial charge >= 0.3 is 5.69 Å². The number of anilines is 1. The Bertz CT molecular complexity index is 672. The van der Waals surface area contributed by atoms with E-state index in [2.05, 4.69) is 9.97 Å². The highest BCUT2D eigenvalue weighted by atomic mass is 16.6. The minimum atomic E-state index is -0.515. The maximum absolute atomic E-state index is 11.0. The van der Waals surface area contributed by atoms with Crippen LogP contribution in [-0.2, 0) is 6.42 Å². The number of fused-ring (bicyclic) bond motifs is 1. The van der Waals surface area contributed by atoms with E-state index in [0.717, 1.165) is 23.9 Å². The standard InChI is InChI=1S/C12H10N4O3/c13-12-14-6-9(16(17)18)11(15-12)8-1-2-10-7(5-8)3-4-19-10/h1-2,5-6H,3-4H2,(H2,13,14,15). The van der Waals surface area contributed by atoms with Gasteiger partial charge in [0, 0.05) is 12.0 Å². The van der Waals surface area contributed by atoms with Crippen LogP contribution < -0.4 is 10.5 Å². The van der Waals surface area contributed by atoms with E-state index in [1.54, 1.807) is 12.1 Å². The maximum Gasteiger partial charge on any atom is 0.313 e. The molecule has 0 saturated carbocycles. The summed E-state index contributed by atoms with van der Waals surface area (Å²) < 4.78 is 5.40. The zero-order valence-electron chi connectivity index (χ0n) is 9.87. The summed E-state index contributed by atoms with van der Waals surface area (Å²) in [6.07, 6.45) is 1.92. The number of nitro groups is 1. The Kier molecular flexibility index (Phi) is 2.52. The number of nitrogen functional groups attached to an aromatic ring is 1. The molecule has 96 valence electrons. The fourth-order valence-electron chi connectivity index (χ4n) is 2.07. The van der Waals surface area contributed by atoms with Crippen LogP contribution in [0.3, 0.4) is 0 Å². The second kappa shape index (κ2) is 4.20. The molecule has 2 N–H and O–H groups in total. The molecule has 1 aliphatic rings. The van der Waals surface area contributed by atoms with Crippen molar-refractivity contribution < 1.29 is 9.66 Å². The fraction of sp³-hybridized carbons (Fsp3) is 0.167. The van der Waals surface area contributed by atoms with Crippen LogP contribution in [0.15, 0.2) is 24.4 Å². The van der Waals surface area contributed by atoms with Gasteiger partial charge in [0.2, 0.25) is 5.95 Å². The number of hydrogen-bond donors (Lipinski definition) is 1. The van der Waals surface area contributed by atoms with E-state index in [1.165, 1.54) is 0 Å². The molecule has 1 aliphatic heterocycles. The van der Waals surface area contributed by atoms with Crippen LogP contribution in [0, 0.1) is 10.1 Å². The Morgan fingerprint density at radius 2 is 2.26 bits per heavy atom. The highest BCUT2D eigenvalue weighted by Gasteiger charge is 2.20. The predicted molar refractivity (Wildman–Crippen MR) is 67.7 cm³/mol. The molecule has 0 bridgehead atoms. The minimum Gasteiger partial charge on any atom is -0.493 e. The predicted octanol–water partition coefficient (Wildman–Crippen LogP) is 1.57. The lowest BCUT2D eigenvalue weighted by molar-refractivity contribution is -0.384. The third-order valence-corrected chi connectivity index (χ3v) is 2.95. The summed E-state index contributed by atoms with van der Waals surface area (Å²) in [5.74, 6) is 0.825. The number of nitrogens with two attached hydrogens (primary N) is 1. The molecule has 7 nitrogen and oxygen atoms in total. The van der Waals surface area contributed by atoms with Gasteiger partial charge in [0.25, 0.3) is 0 Å². The zero-order valence-corrected chi connectivity index (χ0v) is 9.87. The van der Waals surface area contributed by atoms with Crippen molar-refractivity contribution in [3.05, 3.63) is 40.1 Å². The molecule has 0 fully saturated rings. The molecule has 0 unspecified atom stereocenters. The molecular weight excluding hydrogens is 248 g/mol. The number of rotatable bonds is 2. The van der Waals surface area contributed by atoms with E-state index in [9.17, 15) is 10.1 Å². The smallest absolute Gasteiger partial charge is 0.313 e. The van der Waals surface area contributed by atoms with Gasteiger partial charge in [-0.15, -0.1) is 0 Å². The SMILES string of the molecule is Nc1ncc([N+](=O)[O-])c(-c2ccc3c(c2)CCO3)n1. The Labute approximate surface area is 108 Å². The molecule has 1 aromatic heterocycles. The van der Waals surface area contributed by atoms with Crippen molar-refractivity contribution in [1.29, 1.82) is 0 Å². The van der Waals surface area contributed by atoms with E-state index in [1.807, 2.05) is 6.07 Å². The first-order valence-corrected chi connectivity index (χ1v) is 5.68. The first-order chi connectivity index (χ1) is 9.15. The van der Waals surface area contributed by atoms with Crippen molar-refractivity contribution >= 4 is 11.6 Å². The third-order valence-electron chi connectivity index (χ3n) is 2.95. The van der Waals surface area contributed by atoms with Gasteiger partial charge in [-0.25, -0.2) is 9.97 Å². The van der Waals surface area contributed by atoms with E-state index in [0.29, 0.717) is 12.2 Å². The number of benzene rings is 1. The molecule has 7 heteroatoms. The lowest BCUT2D eigenvalue weighted by atomic mass is 10.1. The topological polar surface area (TPSA) is 104 Å². The van der Waals surface area contributed by atoms with E-state index < -0.39 is 4.92 Å². The zero-order chi connectivity index (χ0) is 13.4. The molecule has 2 aromatic rings. The van der Waals surface area contributed by atoms with Gasteiger partial charge in [-0.05, 0) is 23.8 Å². The van der Waals surface area contributed by atoms with Gasteiger partial charge < -0.3 is 10.5 Å². The molecule has 0 radical (unpaired) electrons. The van der Waals surface area contributed by atoms with Gasteiger partial charge in [0.05, 0.1) is 11.5 Å². The first kappa shape index (κ1) is 11.4. The van der Waals surface area contributed by atoms with Gasteiger partial charge in [-0.3, -0.25) is 10.1 Å². The average Bonchev–Trinajstić information content (AvgIpc) is 2.85. The monoisotopic (exact) mass is 258 g/mol. The molecule has 0 amide bonds. The highest BCUT2D eigenvalue weighted by molar-refractivity contribution is 5.71. The van der Waals surface area contributed by atoms with E-state index >= 15 is 0 Å². The molecule has 0 atom stereocenters. The summed E-state index contributed by atoms with van der Waals surface area (Å²) in [6, 6.07) is 5.37. The van der Waals surface area contributed by atoms with Crippen LogP contribution in [-0.4, -0.2) is 21.5 Å². The Morgan fingerprint density at radius 1 is 1.42 bits per heavy atom. The first-order valence-electron chi connectivity index (χ1n) is 5.68. The number of ether oxygens (including phenoxy) is 1. The normalized spacial score (nSPS) is 12.8. The Hall–Kier alpha value is -2.70. The van der Waals surface area contributed by atoms with Crippen LogP contribution in [0.2, 0.25) is 0 Å². The lowest BCUT2D eigenvalue weighted by Gasteiger charge is -2.05. The number of hydrogen-bond acceptors (Lipinski definition) is 6. The molecule has 3 rings (SSSR count). The van der Waals surface area contributed by atoms with Gasteiger partial charge in [0.15, 0.2) is 5.69 Å². The second-order valence-corrected chi connectivity index (χ2v) is 4.14. The van der Waals surface area contributed by atoms with Crippen molar-refractivity contribution in [3.8, 4) is 17.0 Å². The molecule has 0 aliphatic carbocycles. The van der Waals surface area contributed by atoms with E-state index in [-0.39, 0.29) is 17.3 Å². The number of aromatic nitrogens is 2. The van der Waals surface area contributed by atoms with Crippen molar-refractivity contribution in [2.75, 3.05) is 12.3 Å². The summed E-state index contributed by atoms with van der Waals surface area (Å²) >= 11 is 0. The van der Waals surface area contributed by atoms with E-state index in [4.69, 9.17) is 10.5 Å². The van der Waals surface area contributed by atoms with Crippen molar-refractivity contribution in [3.63, 3.8) is 0 Å².